The van der Waals surface area contributed by atoms with Crippen LogP contribution in [0.4, 0.5) is 15.6 Å². The number of hydrogen-bond donors (Lipinski definition) is 2. The van der Waals surface area contributed by atoms with Gasteiger partial charge in [-0.1, -0.05) is 0 Å². The van der Waals surface area contributed by atoms with Crippen molar-refractivity contribution in [1.29, 1.82) is 0 Å². The van der Waals surface area contributed by atoms with Gasteiger partial charge in [-0.05, 0) is 43.7 Å². The first-order chi connectivity index (χ1) is 14.1. The maximum absolute atomic E-state index is 12.4. The SMILES string of the molecule is Cc1ccnc(-c2ccc(NC(=O)Cc3csc(N4CCCNC4=O)n3)cc2)n1. The van der Waals surface area contributed by atoms with Gasteiger partial charge in [-0.3, -0.25) is 9.69 Å². The highest BCUT2D eigenvalue weighted by Gasteiger charge is 2.22. The van der Waals surface area contributed by atoms with Gasteiger partial charge in [-0.25, -0.2) is 19.7 Å². The number of nitrogens with zero attached hydrogens (tertiary/aromatic N) is 4. The molecule has 2 N–H and O–H groups in total. The molecule has 3 heterocycles. The van der Waals surface area contributed by atoms with Crippen LogP contribution in [0.25, 0.3) is 11.4 Å². The smallest absolute Gasteiger partial charge is 0.323 e. The maximum Gasteiger partial charge on any atom is 0.323 e. The van der Waals surface area contributed by atoms with Gasteiger partial charge in [0.25, 0.3) is 0 Å². The van der Waals surface area contributed by atoms with Crippen LogP contribution in [-0.4, -0.2) is 40.0 Å². The molecule has 1 saturated heterocycles. The van der Waals surface area contributed by atoms with E-state index in [1.807, 2.05) is 42.6 Å². The second-order valence-electron chi connectivity index (χ2n) is 6.68. The number of amides is 3. The highest BCUT2D eigenvalue weighted by molar-refractivity contribution is 7.14. The Hall–Kier alpha value is -3.33. The average Bonchev–Trinajstić information content (AvgIpc) is 3.17. The van der Waals surface area contributed by atoms with Crippen LogP contribution in [0.1, 0.15) is 17.8 Å². The molecule has 0 spiro atoms. The van der Waals surface area contributed by atoms with E-state index in [9.17, 15) is 9.59 Å². The summed E-state index contributed by atoms with van der Waals surface area (Å²) in [7, 11) is 0. The summed E-state index contributed by atoms with van der Waals surface area (Å²) in [5, 5.41) is 8.10. The number of nitrogens with one attached hydrogen (secondary N) is 2. The van der Waals surface area contributed by atoms with Crippen molar-refractivity contribution in [3.05, 3.63) is 53.3 Å². The highest BCUT2D eigenvalue weighted by atomic mass is 32.1. The van der Waals surface area contributed by atoms with E-state index in [2.05, 4.69) is 25.6 Å². The van der Waals surface area contributed by atoms with Crippen molar-refractivity contribution >= 4 is 34.1 Å². The summed E-state index contributed by atoms with van der Waals surface area (Å²) in [4.78, 5) is 39.0. The predicted molar refractivity (Wildman–Crippen MR) is 112 cm³/mol. The number of benzene rings is 1. The van der Waals surface area contributed by atoms with E-state index in [1.54, 1.807) is 11.1 Å². The van der Waals surface area contributed by atoms with Crippen LogP contribution in [-0.2, 0) is 11.2 Å². The molecule has 1 aromatic carbocycles. The molecule has 2 aromatic heterocycles. The third-order valence-electron chi connectivity index (χ3n) is 4.41. The van der Waals surface area contributed by atoms with Gasteiger partial charge < -0.3 is 10.6 Å². The number of carbonyl (C=O) groups is 2. The summed E-state index contributed by atoms with van der Waals surface area (Å²) in [6.07, 6.45) is 2.75. The second kappa shape index (κ2) is 8.36. The Balaban J connectivity index is 1.37. The van der Waals surface area contributed by atoms with Crippen LogP contribution in [0.2, 0.25) is 0 Å². The third-order valence-corrected chi connectivity index (χ3v) is 5.33. The molecule has 0 aliphatic carbocycles. The van der Waals surface area contributed by atoms with Crippen molar-refractivity contribution in [2.24, 2.45) is 0 Å². The lowest BCUT2D eigenvalue weighted by molar-refractivity contribution is -0.115. The number of hydrogen-bond acceptors (Lipinski definition) is 6. The molecule has 1 aliphatic rings. The van der Waals surface area contributed by atoms with Gasteiger partial charge in [-0.2, -0.15) is 0 Å². The predicted octanol–water partition coefficient (Wildman–Crippen LogP) is 3.01. The Labute approximate surface area is 172 Å². The van der Waals surface area contributed by atoms with Crippen LogP contribution >= 0.6 is 11.3 Å². The van der Waals surface area contributed by atoms with Crippen molar-refractivity contribution in [3.63, 3.8) is 0 Å². The minimum atomic E-state index is -0.162. The molecule has 3 aromatic rings. The van der Waals surface area contributed by atoms with E-state index >= 15 is 0 Å². The molecule has 29 heavy (non-hydrogen) atoms. The molecule has 9 heteroatoms. The quantitative estimate of drug-likeness (QED) is 0.676. The lowest BCUT2D eigenvalue weighted by Crippen LogP contribution is -2.46. The Morgan fingerprint density at radius 3 is 2.83 bits per heavy atom. The first-order valence-corrected chi connectivity index (χ1v) is 10.2. The normalized spacial score (nSPS) is 13.8. The van der Waals surface area contributed by atoms with E-state index in [-0.39, 0.29) is 18.4 Å². The molecule has 8 nitrogen and oxygen atoms in total. The van der Waals surface area contributed by atoms with E-state index in [0.29, 0.717) is 35.4 Å². The van der Waals surface area contributed by atoms with Crippen molar-refractivity contribution in [2.45, 2.75) is 19.8 Å². The second-order valence-corrected chi connectivity index (χ2v) is 7.52. The number of aryl methyl sites for hydroxylation is 1. The number of urea groups is 1. The maximum atomic E-state index is 12.4. The molecule has 4 rings (SSSR count). The summed E-state index contributed by atoms with van der Waals surface area (Å²) in [5.74, 6) is 0.490. The molecule has 3 amide bonds. The highest BCUT2D eigenvalue weighted by Crippen LogP contribution is 2.23. The largest absolute Gasteiger partial charge is 0.338 e. The fourth-order valence-electron chi connectivity index (χ4n) is 2.97. The van der Waals surface area contributed by atoms with Gasteiger partial charge in [0.2, 0.25) is 5.91 Å². The standard InChI is InChI=1S/C20H20N6O2S/c1-13-7-9-21-18(23-13)14-3-5-15(6-4-14)24-17(27)11-16-12-29-20(25-16)26-10-2-8-22-19(26)28/h3-7,9,12H,2,8,10-11H2,1H3,(H,22,28)(H,24,27). The molecule has 148 valence electrons. The van der Waals surface area contributed by atoms with Crippen LogP contribution in [0, 0.1) is 6.92 Å². The fourth-order valence-corrected chi connectivity index (χ4v) is 3.82. The van der Waals surface area contributed by atoms with E-state index in [4.69, 9.17) is 0 Å². The van der Waals surface area contributed by atoms with Crippen LogP contribution in [0.5, 0.6) is 0 Å². The van der Waals surface area contributed by atoms with Crippen molar-refractivity contribution in [3.8, 4) is 11.4 Å². The summed E-state index contributed by atoms with van der Waals surface area (Å²) < 4.78 is 0. The number of thiazole rings is 1. The van der Waals surface area contributed by atoms with Crippen molar-refractivity contribution < 1.29 is 9.59 Å². The first kappa shape index (κ1) is 19.0. The molecule has 0 saturated carbocycles. The molecular formula is C20H20N6O2S. The zero-order valence-corrected chi connectivity index (χ0v) is 16.7. The Bertz CT molecular complexity index is 1030. The third kappa shape index (κ3) is 4.57. The zero-order chi connectivity index (χ0) is 20.2. The minimum absolute atomic E-state index is 0.140. The zero-order valence-electron chi connectivity index (χ0n) is 15.9. The number of carbonyl (C=O) groups excluding carboxylic acids is 2. The first-order valence-electron chi connectivity index (χ1n) is 9.28. The summed E-state index contributed by atoms with van der Waals surface area (Å²) in [5.41, 5.74) is 3.12. The summed E-state index contributed by atoms with van der Waals surface area (Å²) in [6, 6.07) is 9.10. The summed E-state index contributed by atoms with van der Waals surface area (Å²) in [6.45, 7) is 3.24. The van der Waals surface area contributed by atoms with E-state index in [1.165, 1.54) is 11.3 Å². The van der Waals surface area contributed by atoms with E-state index in [0.717, 1.165) is 17.7 Å². The van der Waals surface area contributed by atoms with E-state index < -0.39 is 0 Å². The Kier molecular flexibility index (Phi) is 5.48. The average molecular weight is 408 g/mol. The van der Waals surface area contributed by atoms with Gasteiger partial charge >= 0.3 is 6.03 Å². The van der Waals surface area contributed by atoms with Gasteiger partial charge in [0.05, 0.1) is 12.1 Å². The molecule has 1 aliphatic heterocycles. The van der Waals surface area contributed by atoms with Crippen LogP contribution in [0.15, 0.2) is 41.9 Å². The van der Waals surface area contributed by atoms with Crippen LogP contribution < -0.4 is 15.5 Å². The molecule has 1 fully saturated rings. The molecule has 0 bridgehead atoms. The number of aromatic nitrogens is 3. The summed E-state index contributed by atoms with van der Waals surface area (Å²) >= 11 is 1.37. The molecular weight excluding hydrogens is 388 g/mol. The number of rotatable bonds is 5. The minimum Gasteiger partial charge on any atom is -0.338 e. The van der Waals surface area contributed by atoms with Gasteiger partial charge in [-0.15, -0.1) is 11.3 Å². The lowest BCUT2D eigenvalue weighted by atomic mass is 10.2. The van der Waals surface area contributed by atoms with Crippen molar-refractivity contribution in [2.75, 3.05) is 23.3 Å². The molecule has 0 atom stereocenters. The van der Waals surface area contributed by atoms with Gasteiger partial charge in [0.15, 0.2) is 11.0 Å². The monoisotopic (exact) mass is 408 g/mol. The van der Waals surface area contributed by atoms with Crippen LogP contribution in [0.3, 0.4) is 0 Å². The molecule has 0 unspecified atom stereocenters. The lowest BCUT2D eigenvalue weighted by Gasteiger charge is -2.24. The number of anilines is 2. The van der Waals surface area contributed by atoms with Gasteiger partial charge in [0.1, 0.15) is 0 Å². The Morgan fingerprint density at radius 2 is 2.07 bits per heavy atom. The molecule has 0 radical (unpaired) electrons. The Morgan fingerprint density at radius 1 is 1.24 bits per heavy atom. The van der Waals surface area contributed by atoms with Crippen molar-refractivity contribution in [1.82, 2.24) is 20.3 Å². The fraction of sp³-hybridized carbons (Fsp3) is 0.250. The topological polar surface area (TPSA) is 100 Å². The van der Waals surface area contributed by atoms with Gasteiger partial charge in [0, 0.05) is 41.6 Å².